The van der Waals surface area contributed by atoms with Crippen LogP contribution in [-0.4, -0.2) is 26.5 Å². The van der Waals surface area contributed by atoms with Crippen LogP contribution < -0.4 is 4.72 Å². The van der Waals surface area contributed by atoms with Crippen LogP contribution in [0.15, 0.2) is 46.8 Å². The Morgan fingerprint density at radius 2 is 2.09 bits per heavy atom. The van der Waals surface area contributed by atoms with E-state index in [2.05, 4.69) is 14.4 Å². The third kappa shape index (κ3) is 2.58. The zero-order valence-electron chi connectivity index (χ0n) is 11.5. The Morgan fingerprint density at radius 3 is 2.86 bits per heavy atom. The molecule has 8 heteroatoms. The molecule has 2 N–H and O–H groups in total. The molecule has 0 aliphatic rings. The number of fused-ring (bicyclic) bond motifs is 1. The first-order valence-electron chi connectivity index (χ1n) is 6.27. The molecular formula is C14H12N2O4S2. The van der Waals surface area contributed by atoms with Crippen LogP contribution in [0.2, 0.25) is 0 Å². The number of hydrogen-bond donors (Lipinski definition) is 2. The summed E-state index contributed by atoms with van der Waals surface area (Å²) in [5.74, 6) is -0.670. The Bertz CT molecular complexity index is 941. The molecule has 0 bridgehead atoms. The largest absolute Gasteiger partial charge is 0.465 e. The first kappa shape index (κ1) is 14.6. The molecule has 0 fully saturated rings. The van der Waals surface area contributed by atoms with Gasteiger partial charge in [0.1, 0.15) is 9.77 Å². The zero-order chi connectivity index (χ0) is 15.7. The monoisotopic (exact) mass is 336 g/mol. The molecule has 3 aromatic rings. The summed E-state index contributed by atoms with van der Waals surface area (Å²) in [6.07, 6.45) is 1.77. The highest BCUT2D eigenvalue weighted by atomic mass is 32.2. The zero-order valence-corrected chi connectivity index (χ0v) is 13.1. The number of esters is 1. The number of benzene rings is 1. The van der Waals surface area contributed by atoms with Gasteiger partial charge in [-0.15, -0.1) is 11.3 Å². The van der Waals surface area contributed by atoms with Crippen molar-refractivity contribution in [3.8, 4) is 0 Å². The van der Waals surface area contributed by atoms with E-state index in [1.54, 1.807) is 24.4 Å². The van der Waals surface area contributed by atoms with Gasteiger partial charge in [0.05, 0.1) is 7.11 Å². The highest BCUT2D eigenvalue weighted by Gasteiger charge is 2.24. The normalized spacial score (nSPS) is 11.5. The Hall–Kier alpha value is -2.32. The lowest BCUT2D eigenvalue weighted by Crippen LogP contribution is -2.15. The Morgan fingerprint density at radius 1 is 1.27 bits per heavy atom. The van der Waals surface area contributed by atoms with E-state index < -0.39 is 16.0 Å². The molecule has 3 rings (SSSR count). The Labute approximate surface area is 130 Å². The first-order valence-corrected chi connectivity index (χ1v) is 8.63. The van der Waals surface area contributed by atoms with Crippen molar-refractivity contribution in [3.05, 3.63) is 46.8 Å². The first-order chi connectivity index (χ1) is 10.5. The highest BCUT2D eigenvalue weighted by molar-refractivity contribution is 7.93. The number of nitrogens with one attached hydrogen (secondary N) is 2. The van der Waals surface area contributed by atoms with Gasteiger partial charge >= 0.3 is 5.97 Å². The minimum Gasteiger partial charge on any atom is -0.465 e. The average molecular weight is 336 g/mol. The fraction of sp³-hybridized carbons (Fsp3) is 0.0714. The van der Waals surface area contributed by atoms with E-state index in [1.165, 1.54) is 18.6 Å². The van der Waals surface area contributed by atoms with E-state index in [9.17, 15) is 13.2 Å². The van der Waals surface area contributed by atoms with Gasteiger partial charge in [-0.05, 0) is 35.7 Å². The predicted molar refractivity (Wildman–Crippen MR) is 84.8 cm³/mol. The van der Waals surface area contributed by atoms with Gasteiger partial charge in [-0.1, -0.05) is 0 Å². The fourth-order valence-corrected chi connectivity index (χ4v) is 4.46. The van der Waals surface area contributed by atoms with Crippen LogP contribution in [-0.2, 0) is 14.8 Å². The summed E-state index contributed by atoms with van der Waals surface area (Å²) in [6.45, 7) is 0. The van der Waals surface area contributed by atoms with Gasteiger partial charge in [0, 0.05) is 22.8 Å². The van der Waals surface area contributed by atoms with Gasteiger partial charge in [-0.25, -0.2) is 13.2 Å². The molecule has 0 aliphatic carbocycles. The van der Waals surface area contributed by atoms with E-state index in [0.29, 0.717) is 5.69 Å². The molecule has 6 nitrogen and oxygen atoms in total. The van der Waals surface area contributed by atoms with Crippen molar-refractivity contribution < 1.29 is 17.9 Å². The number of rotatable bonds is 4. The maximum atomic E-state index is 12.5. The van der Waals surface area contributed by atoms with Crippen molar-refractivity contribution in [1.29, 1.82) is 0 Å². The van der Waals surface area contributed by atoms with E-state index in [4.69, 9.17) is 0 Å². The quantitative estimate of drug-likeness (QED) is 0.717. The fourth-order valence-electron chi connectivity index (χ4n) is 2.08. The van der Waals surface area contributed by atoms with Gasteiger partial charge in [-0.3, -0.25) is 4.72 Å². The minimum atomic E-state index is -3.86. The molecule has 0 amide bonds. The van der Waals surface area contributed by atoms with E-state index in [-0.39, 0.29) is 9.77 Å². The van der Waals surface area contributed by atoms with E-state index in [0.717, 1.165) is 22.2 Å². The highest BCUT2D eigenvalue weighted by Crippen LogP contribution is 2.26. The number of hydrogen-bond acceptors (Lipinski definition) is 5. The van der Waals surface area contributed by atoms with Gasteiger partial charge in [0.25, 0.3) is 10.0 Å². The Balaban J connectivity index is 1.96. The summed E-state index contributed by atoms with van der Waals surface area (Å²) in [5, 5.41) is 2.43. The summed E-state index contributed by atoms with van der Waals surface area (Å²) in [7, 11) is -2.64. The van der Waals surface area contributed by atoms with Crippen LogP contribution in [0.25, 0.3) is 10.9 Å². The standard InChI is InChI=1S/C14H12N2O4S2/c1-20-14(17)13-12(5-7-21-13)22(18,19)16-10-2-3-11-9(8-10)4-6-15-11/h2-8,15-16H,1H3. The predicted octanol–water partition coefficient (Wildman–Crippen LogP) is 2.82. The molecule has 114 valence electrons. The van der Waals surface area contributed by atoms with Gasteiger partial charge in [-0.2, -0.15) is 0 Å². The van der Waals surface area contributed by atoms with E-state index in [1.807, 2.05) is 6.07 Å². The van der Waals surface area contributed by atoms with Crippen LogP contribution in [0.5, 0.6) is 0 Å². The second-order valence-electron chi connectivity index (χ2n) is 4.49. The van der Waals surface area contributed by atoms with Crippen molar-refractivity contribution in [3.63, 3.8) is 0 Å². The topological polar surface area (TPSA) is 88.3 Å². The molecular weight excluding hydrogens is 324 g/mol. The molecule has 0 spiro atoms. The third-order valence-electron chi connectivity index (χ3n) is 3.09. The van der Waals surface area contributed by atoms with Crippen molar-refractivity contribution >= 4 is 43.9 Å². The summed E-state index contributed by atoms with van der Waals surface area (Å²) in [5.41, 5.74) is 1.34. The number of carbonyl (C=O) groups excluding carboxylic acids is 1. The molecule has 0 unspecified atom stereocenters. The van der Waals surface area contributed by atoms with Crippen LogP contribution in [0.3, 0.4) is 0 Å². The smallest absolute Gasteiger partial charge is 0.349 e. The molecule has 0 aliphatic heterocycles. The summed E-state index contributed by atoms with van der Waals surface area (Å²) >= 11 is 1.02. The maximum Gasteiger partial charge on any atom is 0.349 e. The lowest BCUT2D eigenvalue weighted by molar-refractivity contribution is 0.0602. The number of aromatic amines is 1. The molecule has 1 aromatic carbocycles. The third-order valence-corrected chi connectivity index (χ3v) is 5.54. The average Bonchev–Trinajstić information content (AvgIpc) is 3.14. The van der Waals surface area contributed by atoms with Crippen molar-refractivity contribution in [1.82, 2.24) is 4.98 Å². The van der Waals surface area contributed by atoms with Crippen LogP contribution in [0.1, 0.15) is 9.67 Å². The SMILES string of the molecule is COC(=O)c1sccc1S(=O)(=O)Nc1ccc2[nH]ccc2c1. The maximum absolute atomic E-state index is 12.5. The number of carbonyl (C=O) groups is 1. The molecule has 2 heterocycles. The summed E-state index contributed by atoms with van der Waals surface area (Å²) < 4.78 is 32.0. The molecule has 0 radical (unpaired) electrons. The molecule has 0 saturated carbocycles. The van der Waals surface area contributed by atoms with Gasteiger partial charge < -0.3 is 9.72 Å². The molecule has 0 saturated heterocycles. The van der Waals surface area contributed by atoms with Crippen LogP contribution >= 0.6 is 11.3 Å². The number of H-pyrrole nitrogens is 1. The van der Waals surface area contributed by atoms with Crippen molar-refractivity contribution in [2.45, 2.75) is 4.90 Å². The Kier molecular flexibility index (Phi) is 3.63. The minimum absolute atomic E-state index is 0.0534. The number of thiophene rings is 1. The van der Waals surface area contributed by atoms with Crippen molar-refractivity contribution in [2.75, 3.05) is 11.8 Å². The number of aromatic nitrogens is 1. The lowest BCUT2D eigenvalue weighted by atomic mass is 10.2. The second-order valence-corrected chi connectivity index (χ2v) is 7.06. The van der Waals surface area contributed by atoms with Crippen LogP contribution in [0.4, 0.5) is 5.69 Å². The molecule has 2 aromatic heterocycles. The van der Waals surface area contributed by atoms with Crippen LogP contribution in [0, 0.1) is 0 Å². The summed E-state index contributed by atoms with van der Waals surface area (Å²) in [6, 6.07) is 8.38. The van der Waals surface area contributed by atoms with Gasteiger partial charge in [0.15, 0.2) is 0 Å². The number of methoxy groups -OCH3 is 1. The number of ether oxygens (including phenoxy) is 1. The summed E-state index contributed by atoms with van der Waals surface area (Å²) in [4.78, 5) is 14.6. The van der Waals surface area contributed by atoms with Crippen molar-refractivity contribution in [2.24, 2.45) is 0 Å². The second kappa shape index (κ2) is 5.47. The van der Waals surface area contributed by atoms with E-state index >= 15 is 0 Å². The number of anilines is 1. The lowest BCUT2D eigenvalue weighted by Gasteiger charge is -2.08. The van der Waals surface area contributed by atoms with Gasteiger partial charge in [0.2, 0.25) is 0 Å². The number of sulfonamides is 1. The molecule has 0 atom stereocenters. The molecule has 22 heavy (non-hydrogen) atoms.